The molecule has 7 heteroatoms. The van der Waals surface area contributed by atoms with Crippen LogP contribution in [0.15, 0.2) is 86.0 Å². The van der Waals surface area contributed by atoms with Crippen molar-refractivity contribution in [2.45, 2.75) is 57.6 Å². The Bertz CT molecular complexity index is 1040. The molecular weight excluding hydrogens is 492 g/mol. The van der Waals surface area contributed by atoms with Gasteiger partial charge in [-0.2, -0.15) is 0 Å². The second-order valence-corrected chi connectivity index (χ2v) is 9.81. The molecule has 0 heterocycles. The fraction of sp³-hybridized carbons (Fsp3) is 0.406. The Morgan fingerprint density at radius 2 is 1.54 bits per heavy atom. The second-order valence-electron chi connectivity index (χ2n) is 9.81. The van der Waals surface area contributed by atoms with Crippen molar-refractivity contribution < 1.29 is 24.2 Å². The van der Waals surface area contributed by atoms with Crippen molar-refractivity contribution in [1.82, 2.24) is 10.6 Å². The van der Waals surface area contributed by atoms with Crippen LogP contribution in [0, 0.1) is 11.8 Å². The third-order valence-electron chi connectivity index (χ3n) is 6.42. The van der Waals surface area contributed by atoms with Crippen LogP contribution in [0.4, 0.5) is 0 Å². The van der Waals surface area contributed by atoms with E-state index in [-0.39, 0.29) is 43.3 Å². The molecule has 2 rings (SSSR count). The number of amides is 2. The molecule has 0 unspecified atom stereocenters. The molecule has 2 aromatic carbocycles. The molecule has 0 saturated heterocycles. The van der Waals surface area contributed by atoms with E-state index in [2.05, 4.69) is 23.8 Å². The minimum atomic E-state index is -0.625. The highest BCUT2D eigenvalue weighted by molar-refractivity contribution is 5.86. The van der Waals surface area contributed by atoms with Crippen LogP contribution in [0.2, 0.25) is 0 Å². The maximum atomic E-state index is 12.9. The lowest BCUT2D eigenvalue weighted by molar-refractivity contribution is -0.153. The molecule has 7 nitrogen and oxygen atoms in total. The van der Waals surface area contributed by atoms with Gasteiger partial charge in [-0.25, -0.2) is 0 Å². The fourth-order valence-electron chi connectivity index (χ4n) is 4.30. The second kappa shape index (κ2) is 17.7. The Morgan fingerprint density at radius 3 is 2.10 bits per heavy atom. The number of aliphatic hydroxyl groups excluding tert-OH is 1. The lowest BCUT2D eigenvalue weighted by atomic mass is 9.95. The summed E-state index contributed by atoms with van der Waals surface area (Å²) in [7, 11) is 0. The van der Waals surface area contributed by atoms with Crippen molar-refractivity contribution in [3.63, 3.8) is 0 Å². The molecule has 4 atom stereocenters. The molecule has 3 N–H and O–H groups in total. The fourth-order valence-corrected chi connectivity index (χ4v) is 4.30. The van der Waals surface area contributed by atoms with Gasteiger partial charge in [-0.1, -0.05) is 72.8 Å². The minimum Gasteiger partial charge on any atom is -0.461 e. The first-order chi connectivity index (χ1) is 18.9. The summed E-state index contributed by atoms with van der Waals surface area (Å²) in [4.78, 5) is 38.5. The first-order valence-corrected chi connectivity index (χ1v) is 13.5. The van der Waals surface area contributed by atoms with E-state index in [0.29, 0.717) is 32.1 Å². The molecule has 0 aliphatic rings. The van der Waals surface area contributed by atoms with E-state index >= 15 is 0 Å². The molecule has 0 bridgehead atoms. The molecule has 2 amide bonds. The van der Waals surface area contributed by atoms with E-state index < -0.39 is 18.1 Å². The Hall–Kier alpha value is -3.71. The van der Waals surface area contributed by atoms with E-state index in [9.17, 15) is 19.5 Å². The third kappa shape index (κ3) is 12.1. The first-order valence-electron chi connectivity index (χ1n) is 13.5. The molecule has 0 aromatic heterocycles. The molecule has 0 aliphatic heterocycles. The molecule has 210 valence electrons. The van der Waals surface area contributed by atoms with Gasteiger partial charge >= 0.3 is 5.97 Å². The zero-order chi connectivity index (χ0) is 28.5. The summed E-state index contributed by atoms with van der Waals surface area (Å²) in [5.41, 5.74) is 2.05. The van der Waals surface area contributed by atoms with Crippen LogP contribution in [0.3, 0.4) is 0 Å². The largest absolute Gasteiger partial charge is 0.461 e. The number of nitrogens with one attached hydrogen (secondary N) is 2. The zero-order valence-electron chi connectivity index (χ0n) is 22.9. The highest BCUT2D eigenvalue weighted by atomic mass is 16.5. The van der Waals surface area contributed by atoms with E-state index in [1.807, 2.05) is 60.7 Å². The smallest absolute Gasteiger partial charge is 0.309 e. The number of esters is 1. The van der Waals surface area contributed by atoms with E-state index in [1.54, 1.807) is 19.1 Å². The molecular formula is C32H42N2O5. The topological polar surface area (TPSA) is 105 Å². The highest BCUT2D eigenvalue weighted by Crippen LogP contribution is 2.17. The van der Waals surface area contributed by atoms with Gasteiger partial charge < -0.3 is 20.5 Å². The predicted octanol–water partition coefficient (Wildman–Crippen LogP) is 4.16. The Kier molecular flexibility index (Phi) is 14.3. The number of allylic oxidation sites excluding steroid dienone is 2. The van der Waals surface area contributed by atoms with Crippen LogP contribution >= 0.6 is 0 Å². The van der Waals surface area contributed by atoms with Crippen molar-refractivity contribution >= 4 is 17.8 Å². The van der Waals surface area contributed by atoms with E-state index in [0.717, 1.165) is 11.1 Å². The molecule has 0 spiro atoms. The Balaban J connectivity index is 1.86. The average molecular weight is 535 g/mol. The summed E-state index contributed by atoms with van der Waals surface area (Å²) in [6.45, 7) is 9.12. The van der Waals surface area contributed by atoms with Gasteiger partial charge in [-0.05, 0) is 50.2 Å². The van der Waals surface area contributed by atoms with Gasteiger partial charge in [0.05, 0.1) is 31.0 Å². The van der Waals surface area contributed by atoms with Crippen molar-refractivity contribution in [3.05, 3.63) is 97.1 Å². The molecule has 0 radical (unpaired) electrons. The monoisotopic (exact) mass is 534 g/mol. The van der Waals surface area contributed by atoms with Crippen LogP contribution in [-0.4, -0.2) is 48.2 Å². The molecule has 2 aromatic rings. The molecule has 0 saturated carbocycles. The van der Waals surface area contributed by atoms with Gasteiger partial charge in [-0.3, -0.25) is 14.4 Å². The lowest BCUT2D eigenvalue weighted by Gasteiger charge is -2.22. The SMILES string of the molecule is C=CCC[C@H](Cc1ccccc1)C(=O)O[C@@H](C)CNC(=O)[C@H](CC=C)CC(=O)N[C@H](CO)Cc1ccccc1. The number of aliphatic hydroxyl groups is 1. The molecule has 39 heavy (non-hydrogen) atoms. The number of carbonyl (C=O) groups is 3. The third-order valence-corrected chi connectivity index (χ3v) is 6.42. The van der Waals surface area contributed by atoms with Gasteiger partial charge in [0, 0.05) is 6.42 Å². The molecule has 0 aliphatic carbocycles. The maximum absolute atomic E-state index is 12.9. The summed E-state index contributed by atoms with van der Waals surface area (Å²) in [5, 5.41) is 15.3. The summed E-state index contributed by atoms with van der Waals surface area (Å²) in [6, 6.07) is 18.9. The van der Waals surface area contributed by atoms with Gasteiger partial charge in [0.1, 0.15) is 6.10 Å². The van der Waals surface area contributed by atoms with E-state index in [1.165, 1.54) is 0 Å². The predicted molar refractivity (Wildman–Crippen MR) is 154 cm³/mol. The normalized spacial score (nSPS) is 13.8. The van der Waals surface area contributed by atoms with E-state index in [4.69, 9.17) is 4.74 Å². The van der Waals surface area contributed by atoms with Gasteiger partial charge in [0.25, 0.3) is 0 Å². The Labute approximate surface area is 232 Å². The lowest BCUT2D eigenvalue weighted by Crippen LogP contribution is -2.42. The van der Waals surface area contributed by atoms with Crippen LogP contribution < -0.4 is 10.6 Å². The van der Waals surface area contributed by atoms with Crippen LogP contribution in [0.5, 0.6) is 0 Å². The van der Waals surface area contributed by atoms with Crippen molar-refractivity contribution in [2.24, 2.45) is 11.8 Å². The van der Waals surface area contributed by atoms with Gasteiger partial charge in [0.2, 0.25) is 11.8 Å². The van der Waals surface area contributed by atoms with Gasteiger partial charge in [-0.15, -0.1) is 13.2 Å². The van der Waals surface area contributed by atoms with Crippen molar-refractivity contribution in [2.75, 3.05) is 13.2 Å². The summed E-state index contributed by atoms with van der Waals surface area (Å²) >= 11 is 0. The number of ether oxygens (including phenoxy) is 1. The highest BCUT2D eigenvalue weighted by Gasteiger charge is 2.25. The van der Waals surface area contributed by atoms with Crippen LogP contribution in [0.25, 0.3) is 0 Å². The average Bonchev–Trinajstić information content (AvgIpc) is 2.94. The zero-order valence-corrected chi connectivity index (χ0v) is 22.9. The summed E-state index contributed by atoms with van der Waals surface area (Å²) in [6.07, 6.45) is 5.51. The minimum absolute atomic E-state index is 0.0436. The standard InChI is InChI=1S/C32H42N2O5/c1-4-6-18-28(19-25-14-9-7-10-15-25)32(38)39-24(3)22-33-31(37)27(13-5-2)21-30(36)34-29(23-35)20-26-16-11-8-12-17-26/h4-5,7-12,14-17,24,27-29,35H,1-2,6,13,18-23H2,3H3,(H,33,37)(H,34,36)/t24-,27+,28+,29-/m0/s1. The quantitative estimate of drug-likeness (QED) is 0.197. The van der Waals surface area contributed by atoms with Crippen LogP contribution in [0.1, 0.15) is 43.7 Å². The van der Waals surface area contributed by atoms with Crippen LogP contribution in [-0.2, 0) is 32.0 Å². The van der Waals surface area contributed by atoms with Crippen molar-refractivity contribution in [3.8, 4) is 0 Å². The number of carbonyl (C=O) groups excluding carboxylic acids is 3. The Morgan fingerprint density at radius 1 is 0.923 bits per heavy atom. The summed E-state index contributed by atoms with van der Waals surface area (Å²) in [5.74, 6) is -1.88. The number of benzene rings is 2. The maximum Gasteiger partial charge on any atom is 0.309 e. The molecule has 0 fully saturated rings. The number of hydrogen-bond donors (Lipinski definition) is 3. The summed E-state index contributed by atoms with van der Waals surface area (Å²) < 4.78 is 5.66. The number of hydrogen-bond acceptors (Lipinski definition) is 5. The first kappa shape index (κ1) is 31.5. The van der Waals surface area contributed by atoms with Gasteiger partial charge in [0.15, 0.2) is 0 Å². The number of rotatable bonds is 18. The van der Waals surface area contributed by atoms with Crippen molar-refractivity contribution in [1.29, 1.82) is 0 Å².